The van der Waals surface area contributed by atoms with Crippen LogP contribution in [0.2, 0.25) is 0 Å². The number of nitrogens with one attached hydrogen (secondary N) is 2. The molecule has 0 heterocycles. The van der Waals surface area contributed by atoms with Crippen molar-refractivity contribution in [2.45, 2.75) is 12.8 Å². The Morgan fingerprint density at radius 2 is 1.00 bits per heavy atom. The van der Waals surface area contributed by atoms with Gasteiger partial charge in [-0.15, -0.1) is 0 Å². The maximum atomic E-state index is 11.9. The summed E-state index contributed by atoms with van der Waals surface area (Å²) in [5, 5.41) is 6.58. The lowest BCUT2D eigenvalue weighted by Crippen LogP contribution is -2.29. The molecular formula is C24H32N2O6. The van der Waals surface area contributed by atoms with Gasteiger partial charge >= 0.3 is 11.9 Å². The van der Waals surface area contributed by atoms with Gasteiger partial charge in [0.05, 0.1) is 38.6 Å². The molecule has 0 bridgehead atoms. The average Bonchev–Trinajstić information content (AvgIpc) is 2.84. The zero-order valence-corrected chi connectivity index (χ0v) is 18.7. The van der Waals surface area contributed by atoms with Crippen LogP contribution in [0.4, 0.5) is 0 Å². The summed E-state index contributed by atoms with van der Waals surface area (Å²) in [5.74, 6) is 0.742. The minimum Gasteiger partial charge on any atom is -0.497 e. The Labute approximate surface area is 189 Å². The molecule has 0 unspecified atom stereocenters. The van der Waals surface area contributed by atoms with Crippen LogP contribution in [0.15, 0.2) is 48.5 Å². The molecule has 0 spiro atoms. The van der Waals surface area contributed by atoms with Gasteiger partial charge in [-0.3, -0.25) is 0 Å². The molecule has 8 nitrogen and oxygen atoms in total. The van der Waals surface area contributed by atoms with E-state index in [0.29, 0.717) is 35.8 Å². The fourth-order valence-electron chi connectivity index (χ4n) is 2.77. The summed E-state index contributed by atoms with van der Waals surface area (Å²) < 4.78 is 20.6. The third kappa shape index (κ3) is 9.36. The zero-order valence-electron chi connectivity index (χ0n) is 18.7. The molecule has 0 saturated carbocycles. The highest BCUT2D eigenvalue weighted by Crippen LogP contribution is 2.13. The first-order valence-electron chi connectivity index (χ1n) is 10.7. The molecule has 0 radical (unpaired) electrons. The summed E-state index contributed by atoms with van der Waals surface area (Å²) >= 11 is 0. The largest absolute Gasteiger partial charge is 0.497 e. The van der Waals surface area contributed by atoms with E-state index in [-0.39, 0.29) is 11.9 Å². The summed E-state index contributed by atoms with van der Waals surface area (Å²) in [6.45, 7) is 3.86. The van der Waals surface area contributed by atoms with Crippen LogP contribution in [0.25, 0.3) is 0 Å². The second-order valence-electron chi connectivity index (χ2n) is 6.94. The SMILES string of the molecule is COc1ccc(C(=O)OCCCNCCNCCCOC(=O)c2ccc(OC)cc2)cc1. The highest BCUT2D eigenvalue weighted by molar-refractivity contribution is 5.90. The second kappa shape index (κ2) is 14.8. The molecule has 0 amide bonds. The molecule has 8 heteroatoms. The molecule has 0 fully saturated rings. The number of methoxy groups -OCH3 is 2. The Morgan fingerprint density at radius 3 is 1.34 bits per heavy atom. The smallest absolute Gasteiger partial charge is 0.338 e. The molecule has 174 valence electrons. The van der Waals surface area contributed by atoms with E-state index >= 15 is 0 Å². The van der Waals surface area contributed by atoms with Crippen molar-refractivity contribution in [1.29, 1.82) is 0 Å². The van der Waals surface area contributed by atoms with Crippen molar-refractivity contribution in [3.05, 3.63) is 59.7 Å². The van der Waals surface area contributed by atoms with Crippen molar-refractivity contribution in [3.8, 4) is 11.5 Å². The molecule has 2 N–H and O–H groups in total. The lowest BCUT2D eigenvalue weighted by Gasteiger charge is -2.08. The van der Waals surface area contributed by atoms with Gasteiger partial charge in [0.15, 0.2) is 0 Å². The van der Waals surface area contributed by atoms with E-state index < -0.39 is 0 Å². The third-order valence-electron chi connectivity index (χ3n) is 4.59. The Kier molecular flexibility index (Phi) is 11.7. The van der Waals surface area contributed by atoms with Crippen molar-refractivity contribution in [1.82, 2.24) is 10.6 Å². The lowest BCUT2D eigenvalue weighted by molar-refractivity contribution is 0.0490. The van der Waals surface area contributed by atoms with Crippen LogP contribution in [0.3, 0.4) is 0 Å². The first-order valence-corrected chi connectivity index (χ1v) is 10.7. The van der Waals surface area contributed by atoms with E-state index in [1.165, 1.54) is 0 Å². The van der Waals surface area contributed by atoms with Gasteiger partial charge in [0.25, 0.3) is 0 Å². The van der Waals surface area contributed by atoms with Gasteiger partial charge < -0.3 is 29.6 Å². The van der Waals surface area contributed by atoms with Gasteiger partial charge in [-0.05, 0) is 74.5 Å². The van der Waals surface area contributed by atoms with Gasteiger partial charge in [-0.2, -0.15) is 0 Å². The van der Waals surface area contributed by atoms with Gasteiger partial charge in [0.2, 0.25) is 0 Å². The average molecular weight is 445 g/mol. The number of rotatable bonds is 15. The van der Waals surface area contributed by atoms with E-state index in [9.17, 15) is 9.59 Å². The summed E-state index contributed by atoms with van der Waals surface area (Å²) in [6.07, 6.45) is 1.48. The van der Waals surface area contributed by atoms with Crippen molar-refractivity contribution in [2.75, 3.05) is 53.6 Å². The normalized spacial score (nSPS) is 10.4. The van der Waals surface area contributed by atoms with Gasteiger partial charge in [0.1, 0.15) is 11.5 Å². The molecule has 2 aromatic rings. The summed E-state index contributed by atoms with van der Waals surface area (Å²) in [5.41, 5.74) is 1.02. The number of benzene rings is 2. The third-order valence-corrected chi connectivity index (χ3v) is 4.59. The quantitative estimate of drug-likeness (QED) is 0.320. The predicted octanol–water partition coefficient (Wildman–Crippen LogP) is 2.68. The standard InChI is InChI=1S/C24H32N2O6/c1-29-21-9-5-19(6-10-21)23(27)31-17-3-13-25-15-16-26-14-4-18-32-24(28)20-7-11-22(30-2)12-8-20/h5-12,25-26H,3-4,13-18H2,1-2H3. The minimum atomic E-state index is -0.331. The van der Waals surface area contributed by atoms with E-state index in [0.717, 1.165) is 39.0 Å². The highest BCUT2D eigenvalue weighted by atomic mass is 16.5. The molecule has 0 aliphatic carbocycles. The molecule has 0 atom stereocenters. The lowest BCUT2D eigenvalue weighted by atomic mass is 10.2. The second-order valence-corrected chi connectivity index (χ2v) is 6.94. The molecule has 2 aromatic carbocycles. The summed E-state index contributed by atoms with van der Waals surface area (Å²) in [7, 11) is 3.16. The fourth-order valence-corrected chi connectivity index (χ4v) is 2.77. The molecule has 0 aliphatic rings. The van der Waals surface area contributed by atoms with Crippen molar-refractivity contribution in [3.63, 3.8) is 0 Å². The van der Waals surface area contributed by atoms with Crippen LogP contribution in [-0.2, 0) is 9.47 Å². The maximum Gasteiger partial charge on any atom is 0.338 e. The zero-order chi connectivity index (χ0) is 23.0. The van der Waals surface area contributed by atoms with Gasteiger partial charge in [0, 0.05) is 13.1 Å². The molecule has 0 saturated heterocycles. The number of carbonyl (C=O) groups is 2. The number of esters is 2. The minimum absolute atomic E-state index is 0.331. The van der Waals surface area contributed by atoms with Gasteiger partial charge in [-0.25, -0.2) is 9.59 Å². The first kappa shape index (κ1) is 25.2. The van der Waals surface area contributed by atoms with Crippen LogP contribution in [0, 0.1) is 0 Å². The number of hydrogen-bond acceptors (Lipinski definition) is 8. The topological polar surface area (TPSA) is 95.1 Å². The Balaban J connectivity index is 1.40. The molecule has 32 heavy (non-hydrogen) atoms. The highest BCUT2D eigenvalue weighted by Gasteiger charge is 2.07. The number of hydrogen-bond donors (Lipinski definition) is 2. The molecule has 2 rings (SSSR count). The van der Waals surface area contributed by atoms with E-state index in [1.54, 1.807) is 62.8 Å². The van der Waals surface area contributed by atoms with Crippen LogP contribution in [0.1, 0.15) is 33.6 Å². The van der Waals surface area contributed by atoms with E-state index in [1.807, 2.05) is 0 Å². The maximum absolute atomic E-state index is 11.9. The van der Waals surface area contributed by atoms with Crippen LogP contribution in [0.5, 0.6) is 11.5 Å². The molecule has 0 aliphatic heterocycles. The van der Waals surface area contributed by atoms with Crippen LogP contribution >= 0.6 is 0 Å². The Morgan fingerprint density at radius 1 is 0.625 bits per heavy atom. The van der Waals surface area contributed by atoms with Gasteiger partial charge in [-0.1, -0.05) is 0 Å². The van der Waals surface area contributed by atoms with E-state index in [4.69, 9.17) is 18.9 Å². The van der Waals surface area contributed by atoms with Crippen LogP contribution in [-0.4, -0.2) is 65.6 Å². The Bertz CT molecular complexity index is 739. The fraction of sp³-hybridized carbons (Fsp3) is 0.417. The van der Waals surface area contributed by atoms with Crippen LogP contribution < -0.4 is 20.1 Å². The van der Waals surface area contributed by atoms with Crippen molar-refractivity contribution in [2.24, 2.45) is 0 Å². The number of carbonyl (C=O) groups excluding carboxylic acids is 2. The first-order chi connectivity index (χ1) is 15.6. The monoisotopic (exact) mass is 444 g/mol. The van der Waals surface area contributed by atoms with Crippen molar-refractivity contribution < 1.29 is 28.5 Å². The van der Waals surface area contributed by atoms with Crippen molar-refractivity contribution >= 4 is 11.9 Å². The van der Waals surface area contributed by atoms with E-state index in [2.05, 4.69) is 10.6 Å². The molecular weight excluding hydrogens is 412 g/mol. The Hall–Kier alpha value is -3.10. The molecule has 0 aromatic heterocycles. The summed E-state index contributed by atoms with van der Waals surface area (Å²) in [4.78, 5) is 23.8. The number of ether oxygens (including phenoxy) is 4. The summed E-state index contributed by atoms with van der Waals surface area (Å²) in [6, 6.07) is 13.7. The predicted molar refractivity (Wildman–Crippen MR) is 122 cm³/mol.